The Morgan fingerprint density at radius 3 is 2.68 bits per heavy atom. The Kier molecular flexibility index (Phi) is 6.80. The van der Waals surface area contributed by atoms with Gasteiger partial charge in [-0.15, -0.1) is 5.92 Å². The molecule has 1 fully saturated rings. The molecule has 1 N–H and O–H groups in total. The first-order valence-electron chi connectivity index (χ1n) is 10.6. The second-order valence-corrected chi connectivity index (χ2v) is 8.61. The molecule has 2 heterocycles. The monoisotopic (exact) mass is 454 g/mol. The van der Waals surface area contributed by atoms with Gasteiger partial charge in [-0.1, -0.05) is 54.5 Å². The fraction of sp³-hybridized carbons (Fsp3) is 0.375. The molecule has 3 aromatic rings. The molecule has 0 atom stereocenters. The van der Waals surface area contributed by atoms with Gasteiger partial charge in [0.1, 0.15) is 11.3 Å². The van der Waals surface area contributed by atoms with Gasteiger partial charge in [0.25, 0.3) is 5.91 Å². The number of rotatable bonds is 5. The summed E-state index contributed by atoms with van der Waals surface area (Å²) in [6.07, 6.45) is 7.71. The molecule has 0 bridgehead atoms. The van der Waals surface area contributed by atoms with E-state index in [1.807, 2.05) is 22.8 Å². The van der Waals surface area contributed by atoms with Crippen molar-refractivity contribution < 1.29 is 4.79 Å². The van der Waals surface area contributed by atoms with Crippen LogP contribution in [0.4, 0.5) is 0 Å². The van der Waals surface area contributed by atoms with Gasteiger partial charge in [0.15, 0.2) is 5.65 Å². The van der Waals surface area contributed by atoms with Gasteiger partial charge in [-0.2, -0.15) is 0 Å². The number of hydrogen-bond acceptors (Lipinski definition) is 3. The maximum atomic E-state index is 12.8. The van der Waals surface area contributed by atoms with E-state index in [-0.39, 0.29) is 11.9 Å². The molecule has 4 rings (SSSR count). The fourth-order valence-electron chi connectivity index (χ4n) is 4.02. The van der Waals surface area contributed by atoms with Crippen LogP contribution in [0.15, 0.2) is 30.5 Å². The van der Waals surface area contributed by atoms with Crippen LogP contribution in [0.5, 0.6) is 0 Å². The number of imidazole rings is 1. The van der Waals surface area contributed by atoms with Gasteiger partial charge >= 0.3 is 0 Å². The Bertz CT molecular complexity index is 1150. The Labute approximate surface area is 192 Å². The van der Waals surface area contributed by atoms with Crippen molar-refractivity contribution in [1.82, 2.24) is 19.9 Å². The lowest BCUT2D eigenvalue weighted by atomic mass is 9.95. The summed E-state index contributed by atoms with van der Waals surface area (Å²) in [6, 6.07) is 7.49. The van der Waals surface area contributed by atoms with Crippen LogP contribution in [0, 0.1) is 11.8 Å². The van der Waals surface area contributed by atoms with E-state index in [0.717, 1.165) is 24.2 Å². The van der Waals surface area contributed by atoms with Crippen LogP contribution in [0.2, 0.25) is 10.0 Å². The van der Waals surface area contributed by atoms with Crippen LogP contribution >= 0.6 is 23.2 Å². The third-order valence-corrected chi connectivity index (χ3v) is 6.39. The largest absolute Gasteiger partial charge is 0.349 e. The van der Waals surface area contributed by atoms with Crippen LogP contribution in [0.25, 0.3) is 11.2 Å². The normalized spacial score (nSPS) is 14.3. The van der Waals surface area contributed by atoms with Crippen molar-refractivity contribution in [3.05, 3.63) is 57.5 Å². The second-order valence-electron chi connectivity index (χ2n) is 7.79. The van der Waals surface area contributed by atoms with Crippen molar-refractivity contribution in [2.75, 3.05) is 0 Å². The molecule has 7 heteroatoms. The summed E-state index contributed by atoms with van der Waals surface area (Å²) in [6.45, 7) is 2.25. The Hall–Kier alpha value is -2.55. The Morgan fingerprint density at radius 2 is 1.97 bits per heavy atom. The van der Waals surface area contributed by atoms with E-state index in [0.29, 0.717) is 39.7 Å². The highest BCUT2D eigenvalue weighted by atomic mass is 35.5. The number of hydrogen-bond donors (Lipinski definition) is 1. The number of aromatic nitrogens is 3. The first-order valence-corrected chi connectivity index (χ1v) is 11.3. The molecule has 31 heavy (non-hydrogen) atoms. The molecule has 0 radical (unpaired) electrons. The van der Waals surface area contributed by atoms with Gasteiger partial charge in [-0.3, -0.25) is 4.79 Å². The highest BCUT2D eigenvalue weighted by Crippen LogP contribution is 2.28. The SMILES string of the molecule is CC#CCn1c(Cc2c(Cl)cccc2Cl)nc2cc(C(=O)NC3CCCCC3)cnc21. The van der Waals surface area contributed by atoms with Crippen LogP contribution in [-0.2, 0) is 13.0 Å². The molecule has 0 saturated heterocycles. The van der Waals surface area contributed by atoms with Gasteiger partial charge in [-0.25, -0.2) is 9.97 Å². The van der Waals surface area contributed by atoms with E-state index in [2.05, 4.69) is 22.1 Å². The fourth-order valence-corrected chi connectivity index (χ4v) is 4.55. The van der Waals surface area contributed by atoms with Gasteiger partial charge in [0.2, 0.25) is 0 Å². The van der Waals surface area contributed by atoms with Crippen LogP contribution in [0.1, 0.15) is 60.8 Å². The number of nitrogens with one attached hydrogen (secondary N) is 1. The summed E-state index contributed by atoms with van der Waals surface area (Å²) in [7, 11) is 0. The summed E-state index contributed by atoms with van der Waals surface area (Å²) >= 11 is 12.8. The van der Waals surface area contributed by atoms with Crippen molar-refractivity contribution in [1.29, 1.82) is 0 Å². The third-order valence-electron chi connectivity index (χ3n) is 5.68. The lowest BCUT2D eigenvalue weighted by molar-refractivity contribution is 0.0927. The van der Waals surface area contributed by atoms with Crippen molar-refractivity contribution in [3.63, 3.8) is 0 Å². The number of halogens is 2. The maximum absolute atomic E-state index is 12.8. The predicted molar refractivity (Wildman–Crippen MR) is 125 cm³/mol. The molecule has 2 aromatic heterocycles. The zero-order valence-electron chi connectivity index (χ0n) is 17.4. The average molecular weight is 455 g/mol. The summed E-state index contributed by atoms with van der Waals surface area (Å²) < 4.78 is 1.95. The molecule has 0 aliphatic heterocycles. The molecule has 1 aliphatic rings. The first kappa shape index (κ1) is 21.7. The number of carbonyl (C=O) groups is 1. The molecule has 160 valence electrons. The van der Waals surface area contributed by atoms with Gasteiger partial charge in [0.05, 0.1) is 12.1 Å². The van der Waals surface area contributed by atoms with Gasteiger partial charge in [0, 0.05) is 28.7 Å². The third kappa shape index (κ3) is 4.87. The lowest BCUT2D eigenvalue weighted by Gasteiger charge is -2.22. The topological polar surface area (TPSA) is 59.8 Å². The smallest absolute Gasteiger partial charge is 0.253 e. The van der Waals surface area contributed by atoms with Crippen LogP contribution in [0.3, 0.4) is 0 Å². The van der Waals surface area contributed by atoms with E-state index >= 15 is 0 Å². The molecule has 1 amide bonds. The minimum absolute atomic E-state index is 0.0973. The molecule has 1 aromatic carbocycles. The number of carbonyl (C=O) groups excluding carboxylic acids is 1. The first-order chi connectivity index (χ1) is 15.1. The molecular weight excluding hydrogens is 431 g/mol. The number of nitrogens with zero attached hydrogens (tertiary/aromatic N) is 3. The molecule has 1 saturated carbocycles. The van der Waals surface area contributed by atoms with Crippen molar-refractivity contribution in [3.8, 4) is 11.8 Å². The van der Waals surface area contributed by atoms with E-state index in [4.69, 9.17) is 28.2 Å². The lowest BCUT2D eigenvalue weighted by Crippen LogP contribution is -2.36. The molecular formula is C24H24Cl2N4O. The van der Waals surface area contributed by atoms with Crippen molar-refractivity contribution in [2.45, 2.75) is 58.0 Å². The van der Waals surface area contributed by atoms with E-state index < -0.39 is 0 Å². The molecule has 5 nitrogen and oxygen atoms in total. The number of benzene rings is 1. The maximum Gasteiger partial charge on any atom is 0.253 e. The Morgan fingerprint density at radius 1 is 1.23 bits per heavy atom. The summed E-state index contributed by atoms with van der Waals surface area (Å²) in [4.78, 5) is 22.1. The number of amides is 1. The average Bonchev–Trinajstić information content (AvgIpc) is 3.11. The zero-order chi connectivity index (χ0) is 21.8. The number of fused-ring (bicyclic) bond motifs is 1. The van der Waals surface area contributed by atoms with Gasteiger partial charge < -0.3 is 9.88 Å². The summed E-state index contributed by atoms with van der Waals surface area (Å²) in [5.74, 6) is 6.65. The summed E-state index contributed by atoms with van der Waals surface area (Å²) in [5, 5.41) is 4.32. The standard InChI is InChI=1S/C24H24Cl2N4O/c1-2-3-12-30-22(14-18-19(25)10-7-11-20(18)26)29-21-13-16(15-27-23(21)30)24(31)28-17-8-5-4-6-9-17/h7,10-11,13,15,17H,4-6,8-9,12,14H2,1H3,(H,28,31). The van der Waals surface area contributed by atoms with Crippen LogP contribution in [-0.4, -0.2) is 26.5 Å². The number of pyridine rings is 1. The highest BCUT2D eigenvalue weighted by molar-refractivity contribution is 6.36. The minimum atomic E-state index is -0.0973. The quantitative estimate of drug-likeness (QED) is 0.523. The Balaban J connectivity index is 1.67. The highest BCUT2D eigenvalue weighted by Gasteiger charge is 2.19. The predicted octanol–water partition coefficient (Wildman–Crippen LogP) is 5.41. The second kappa shape index (κ2) is 9.72. The molecule has 0 spiro atoms. The summed E-state index contributed by atoms with van der Waals surface area (Å²) in [5.41, 5.74) is 2.68. The van der Waals surface area contributed by atoms with Crippen molar-refractivity contribution in [2.24, 2.45) is 0 Å². The van der Waals surface area contributed by atoms with E-state index in [9.17, 15) is 4.79 Å². The zero-order valence-corrected chi connectivity index (χ0v) is 18.9. The minimum Gasteiger partial charge on any atom is -0.349 e. The van der Waals surface area contributed by atoms with E-state index in [1.165, 1.54) is 19.3 Å². The molecule has 1 aliphatic carbocycles. The molecule has 0 unspecified atom stereocenters. The van der Waals surface area contributed by atoms with E-state index in [1.54, 1.807) is 19.2 Å². The van der Waals surface area contributed by atoms with Crippen LogP contribution < -0.4 is 5.32 Å². The van der Waals surface area contributed by atoms with Gasteiger partial charge in [-0.05, 0) is 43.5 Å². The van der Waals surface area contributed by atoms with Crippen molar-refractivity contribution >= 4 is 40.3 Å².